The maximum Gasteiger partial charge on any atom is 0.305 e. The molecule has 0 fully saturated rings. The lowest BCUT2D eigenvalue weighted by Gasteiger charge is -2.08. The molecule has 0 aliphatic carbocycles. The van der Waals surface area contributed by atoms with E-state index in [0.29, 0.717) is 6.42 Å². The van der Waals surface area contributed by atoms with Gasteiger partial charge in [0.05, 0.1) is 7.11 Å². The van der Waals surface area contributed by atoms with Crippen molar-refractivity contribution in [2.45, 2.75) is 26.3 Å². The van der Waals surface area contributed by atoms with E-state index in [4.69, 9.17) is 0 Å². The number of hydrogen-bond donors (Lipinski definition) is 1. The Kier molecular flexibility index (Phi) is 6.22. The van der Waals surface area contributed by atoms with Gasteiger partial charge in [-0.3, -0.25) is 4.79 Å². The second-order valence-corrected chi connectivity index (χ2v) is 4.84. The topological polar surface area (TPSA) is 38.3 Å². The van der Waals surface area contributed by atoms with Crippen molar-refractivity contribution in [3.05, 3.63) is 33.8 Å². The van der Waals surface area contributed by atoms with Crippen LogP contribution in [0.4, 0.5) is 0 Å². The molecule has 0 radical (unpaired) electrons. The smallest absolute Gasteiger partial charge is 0.305 e. The molecule has 94 valence electrons. The highest BCUT2D eigenvalue weighted by Crippen LogP contribution is 2.15. The van der Waals surface area contributed by atoms with Crippen molar-refractivity contribution in [3.8, 4) is 0 Å². The zero-order valence-corrected chi connectivity index (χ0v) is 11.8. The molecule has 0 bridgehead atoms. The van der Waals surface area contributed by atoms with Crippen LogP contribution in [0.15, 0.2) is 22.7 Å². The van der Waals surface area contributed by atoms with Gasteiger partial charge in [-0.25, -0.2) is 0 Å². The van der Waals surface area contributed by atoms with Crippen LogP contribution in [-0.4, -0.2) is 19.6 Å². The fourth-order valence-electron chi connectivity index (χ4n) is 1.51. The second-order valence-electron chi connectivity index (χ2n) is 3.93. The molecule has 0 heterocycles. The average Bonchev–Trinajstić information content (AvgIpc) is 2.32. The predicted octanol–water partition coefficient (Wildman–Crippen LogP) is 2.80. The van der Waals surface area contributed by atoms with Gasteiger partial charge < -0.3 is 10.1 Å². The zero-order valence-electron chi connectivity index (χ0n) is 10.3. The lowest BCUT2D eigenvalue weighted by atomic mass is 10.1. The second kappa shape index (κ2) is 7.45. The number of ether oxygens (including phenoxy) is 1. The zero-order chi connectivity index (χ0) is 12.7. The molecule has 0 unspecified atom stereocenters. The maximum absolute atomic E-state index is 10.9. The van der Waals surface area contributed by atoms with Crippen molar-refractivity contribution in [2.24, 2.45) is 0 Å². The van der Waals surface area contributed by atoms with Crippen molar-refractivity contribution in [3.63, 3.8) is 0 Å². The number of benzene rings is 1. The minimum atomic E-state index is -0.148. The fourth-order valence-corrected chi connectivity index (χ4v) is 1.92. The van der Waals surface area contributed by atoms with Crippen LogP contribution >= 0.6 is 15.9 Å². The Hall–Kier alpha value is -0.870. The number of rotatable bonds is 6. The van der Waals surface area contributed by atoms with Crippen LogP contribution < -0.4 is 5.32 Å². The maximum atomic E-state index is 10.9. The number of carbonyl (C=O) groups excluding carboxylic acids is 1. The molecular weight excluding hydrogens is 282 g/mol. The SMILES string of the molecule is COC(=O)CCCNCc1cc(Br)ccc1C. The molecule has 1 N–H and O–H groups in total. The molecule has 0 saturated carbocycles. The number of carbonyl (C=O) groups is 1. The summed E-state index contributed by atoms with van der Waals surface area (Å²) in [6.45, 7) is 3.74. The number of nitrogens with one attached hydrogen (secondary N) is 1. The Labute approximate surface area is 111 Å². The largest absolute Gasteiger partial charge is 0.469 e. The Morgan fingerprint density at radius 2 is 2.24 bits per heavy atom. The van der Waals surface area contributed by atoms with Gasteiger partial charge in [0.15, 0.2) is 0 Å². The number of esters is 1. The normalized spacial score (nSPS) is 10.3. The van der Waals surface area contributed by atoms with Crippen LogP contribution in [0.5, 0.6) is 0 Å². The van der Waals surface area contributed by atoms with Gasteiger partial charge in [0, 0.05) is 17.4 Å². The van der Waals surface area contributed by atoms with Crippen LogP contribution in [0.3, 0.4) is 0 Å². The average molecular weight is 300 g/mol. The van der Waals surface area contributed by atoms with Gasteiger partial charge in [-0.2, -0.15) is 0 Å². The molecule has 1 rings (SSSR count). The molecule has 0 atom stereocenters. The van der Waals surface area contributed by atoms with Crippen molar-refractivity contribution >= 4 is 21.9 Å². The van der Waals surface area contributed by atoms with Crippen LogP contribution in [-0.2, 0) is 16.1 Å². The number of halogens is 1. The van der Waals surface area contributed by atoms with Crippen molar-refractivity contribution in [1.82, 2.24) is 5.32 Å². The first-order chi connectivity index (χ1) is 8.13. The van der Waals surface area contributed by atoms with Gasteiger partial charge in [0.1, 0.15) is 0 Å². The Morgan fingerprint density at radius 1 is 1.47 bits per heavy atom. The van der Waals surface area contributed by atoms with Crippen LogP contribution in [0.25, 0.3) is 0 Å². The van der Waals surface area contributed by atoms with E-state index in [1.165, 1.54) is 18.2 Å². The van der Waals surface area contributed by atoms with Gasteiger partial charge in [-0.15, -0.1) is 0 Å². The first kappa shape index (κ1) is 14.2. The summed E-state index contributed by atoms with van der Waals surface area (Å²) >= 11 is 3.46. The highest BCUT2D eigenvalue weighted by molar-refractivity contribution is 9.10. The summed E-state index contributed by atoms with van der Waals surface area (Å²) in [6, 6.07) is 6.24. The monoisotopic (exact) mass is 299 g/mol. The Bertz CT molecular complexity index is 380. The number of aryl methyl sites for hydroxylation is 1. The molecule has 1 aromatic carbocycles. The lowest BCUT2D eigenvalue weighted by Crippen LogP contribution is -2.16. The van der Waals surface area contributed by atoms with E-state index in [1.807, 2.05) is 6.07 Å². The molecule has 0 aliphatic rings. The molecule has 3 nitrogen and oxygen atoms in total. The molecule has 0 saturated heterocycles. The highest BCUT2D eigenvalue weighted by Gasteiger charge is 2.01. The summed E-state index contributed by atoms with van der Waals surface area (Å²) in [6.07, 6.45) is 1.28. The number of hydrogen-bond acceptors (Lipinski definition) is 3. The molecular formula is C13H18BrNO2. The standard InChI is InChI=1S/C13H18BrNO2/c1-10-5-6-12(14)8-11(10)9-15-7-3-4-13(16)17-2/h5-6,8,15H,3-4,7,9H2,1-2H3. The van der Waals surface area contributed by atoms with Gasteiger partial charge in [-0.1, -0.05) is 22.0 Å². The molecule has 17 heavy (non-hydrogen) atoms. The third-order valence-corrected chi connectivity index (χ3v) is 3.08. The van der Waals surface area contributed by atoms with E-state index >= 15 is 0 Å². The molecule has 0 aromatic heterocycles. The summed E-state index contributed by atoms with van der Waals surface area (Å²) in [5.74, 6) is -0.148. The van der Waals surface area contributed by atoms with E-state index in [1.54, 1.807) is 0 Å². The first-order valence-electron chi connectivity index (χ1n) is 5.66. The summed E-state index contributed by atoms with van der Waals surface area (Å²) in [4.78, 5) is 10.9. The molecule has 0 amide bonds. The van der Waals surface area contributed by atoms with Gasteiger partial charge in [0.2, 0.25) is 0 Å². The van der Waals surface area contributed by atoms with Gasteiger partial charge >= 0.3 is 5.97 Å². The van der Waals surface area contributed by atoms with Crippen molar-refractivity contribution in [2.75, 3.05) is 13.7 Å². The van der Waals surface area contributed by atoms with E-state index in [9.17, 15) is 4.79 Å². The van der Waals surface area contributed by atoms with Crippen LogP contribution in [0.1, 0.15) is 24.0 Å². The number of methoxy groups -OCH3 is 1. The molecule has 1 aromatic rings. The highest BCUT2D eigenvalue weighted by atomic mass is 79.9. The Morgan fingerprint density at radius 3 is 2.94 bits per heavy atom. The third-order valence-electron chi connectivity index (χ3n) is 2.59. The van der Waals surface area contributed by atoms with E-state index in [0.717, 1.165) is 24.0 Å². The van der Waals surface area contributed by atoms with E-state index in [-0.39, 0.29) is 5.97 Å². The van der Waals surface area contributed by atoms with Crippen molar-refractivity contribution < 1.29 is 9.53 Å². The van der Waals surface area contributed by atoms with Crippen LogP contribution in [0, 0.1) is 6.92 Å². The molecule has 0 spiro atoms. The summed E-state index contributed by atoms with van der Waals surface area (Å²) in [5, 5.41) is 3.32. The lowest BCUT2D eigenvalue weighted by molar-refractivity contribution is -0.140. The van der Waals surface area contributed by atoms with E-state index < -0.39 is 0 Å². The van der Waals surface area contributed by atoms with Crippen molar-refractivity contribution in [1.29, 1.82) is 0 Å². The molecule has 4 heteroatoms. The summed E-state index contributed by atoms with van der Waals surface area (Å²) < 4.78 is 5.67. The summed E-state index contributed by atoms with van der Waals surface area (Å²) in [7, 11) is 1.42. The Balaban J connectivity index is 2.26. The first-order valence-corrected chi connectivity index (χ1v) is 6.45. The minimum absolute atomic E-state index is 0.148. The summed E-state index contributed by atoms with van der Waals surface area (Å²) in [5.41, 5.74) is 2.55. The molecule has 0 aliphatic heterocycles. The minimum Gasteiger partial charge on any atom is -0.469 e. The van der Waals surface area contributed by atoms with Gasteiger partial charge in [-0.05, 0) is 43.1 Å². The predicted molar refractivity (Wildman–Crippen MR) is 71.8 cm³/mol. The third kappa shape index (κ3) is 5.33. The van der Waals surface area contributed by atoms with Gasteiger partial charge in [0.25, 0.3) is 0 Å². The van der Waals surface area contributed by atoms with E-state index in [2.05, 4.69) is 45.0 Å². The fraction of sp³-hybridized carbons (Fsp3) is 0.462. The van der Waals surface area contributed by atoms with Crippen LogP contribution in [0.2, 0.25) is 0 Å². The quantitative estimate of drug-likeness (QED) is 0.648.